The van der Waals surface area contributed by atoms with Gasteiger partial charge in [0, 0.05) is 17.9 Å². The summed E-state index contributed by atoms with van der Waals surface area (Å²) in [6.07, 6.45) is 0. The summed E-state index contributed by atoms with van der Waals surface area (Å²) in [5.74, 6) is 0.799. The second-order valence-corrected chi connectivity index (χ2v) is 8.03. The van der Waals surface area contributed by atoms with Crippen molar-refractivity contribution in [3.8, 4) is 11.8 Å². The van der Waals surface area contributed by atoms with Crippen LogP contribution in [0.5, 0.6) is 0 Å². The number of tetrazole rings is 1. The fourth-order valence-corrected chi connectivity index (χ4v) is 3.71. The standard InChI is InChI=1S/C20H23N7OS/c1-13(2)11-26-20(23-24-25-26)29-12-18(28)22-19-17(10-21)14(3)15(4)27(19)16-8-6-5-7-9-16/h5-9,13H,11-12H2,1-4H3,(H,22,28). The van der Waals surface area contributed by atoms with E-state index in [0.717, 1.165) is 16.9 Å². The van der Waals surface area contributed by atoms with Crippen LogP contribution in [0.15, 0.2) is 35.5 Å². The lowest BCUT2D eigenvalue weighted by molar-refractivity contribution is -0.113. The molecule has 0 aliphatic carbocycles. The molecule has 0 atom stereocenters. The average Bonchev–Trinajstić information content (AvgIpc) is 3.22. The summed E-state index contributed by atoms with van der Waals surface area (Å²) < 4.78 is 3.60. The van der Waals surface area contributed by atoms with Crippen molar-refractivity contribution in [1.82, 2.24) is 24.8 Å². The smallest absolute Gasteiger partial charge is 0.236 e. The maximum absolute atomic E-state index is 12.7. The highest BCUT2D eigenvalue weighted by Gasteiger charge is 2.21. The average molecular weight is 410 g/mol. The Kier molecular flexibility index (Phi) is 6.34. The number of anilines is 1. The number of hydrogen-bond acceptors (Lipinski definition) is 6. The molecule has 0 saturated heterocycles. The Balaban J connectivity index is 1.81. The van der Waals surface area contributed by atoms with E-state index in [1.54, 1.807) is 4.68 Å². The van der Waals surface area contributed by atoms with E-state index >= 15 is 0 Å². The molecule has 29 heavy (non-hydrogen) atoms. The molecule has 0 radical (unpaired) electrons. The lowest BCUT2D eigenvalue weighted by atomic mass is 10.2. The van der Waals surface area contributed by atoms with Crippen molar-refractivity contribution in [1.29, 1.82) is 5.26 Å². The van der Waals surface area contributed by atoms with Crippen molar-refractivity contribution in [2.24, 2.45) is 5.92 Å². The number of nitrogens with one attached hydrogen (secondary N) is 1. The van der Waals surface area contributed by atoms with Crippen LogP contribution in [0, 0.1) is 31.1 Å². The molecule has 9 heteroatoms. The van der Waals surface area contributed by atoms with E-state index in [-0.39, 0.29) is 11.7 Å². The summed E-state index contributed by atoms with van der Waals surface area (Å²) in [4.78, 5) is 12.7. The predicted molar refractivity (Wildman–Crippen MR) is 112 cm³/mol. The van der Waals surface area contributed by atoms with Crippen molar-refractivity contribution >= 4 is 23.5 Å². The lowest BCUT2D eigenvalue weighted by Crippen LogP contribution is -2.18. The Hall–Kier alpha value is -3.12. The molecule has 2 heterocycles. The molecular formula is C20H23N7OS. The van der Waals surface area contributed by atoms with Gasteiger partial charge in [0.05, 0.1) is 11.3 Å². The van der Waals surface area contributed by atoms with Crippen molar-refractivity contribution in [3.63, 3.8) is 0 Å². The van der Waals surface area contributed by atoms with Gasteiger partial charge in [0.15, 0.2) is 0 Å². The largest absolute Gasteiger partial charge is 0.310 e. The normalized spacial score (nSPS) is 10.9. The zero-order valence-corrected chi connectivity index (χ0v) is 17.7. The minimum Gasteiger partial charge on any atom is -0.310 e. The van der Waals surface area contributed by atoms with Crippen molar-refractivity contribution in [2.75, 3.05) is 11.1 Å². The van der Waals surface area contributed by atoms with Gasteiger partial charge in [-0.3, -0.25) is 9.36 Å². The van der Waals surface area contributed by atoms with E-state index in [4.69, 9.17) is 0 Å². The molecule has 0 fully saturated rings. The topological polar surface area (TPSA) is 101 Å². The number of para-hydroxylation sites is 1. The fraction of sp³-hybridized carbons (Fsp3) is 0.350. The number of benzene rings is 1. The molecule has 0 bridgehead atoms. The fourth-order valence-electron chi connectivity index (χ4n) is 3.02. The van der Waals surface area contributed by atoms with E-state index in [2.05, 4.69) is 40.8 Å². The van der Waals surface area contributed by atoms with Crippen LogP contribution in [0.3, 0.4) is 0 Å². The molecule has 150 valence electrons. The number of amides is 1. The molecule has 2 aromatic heterocycles. The summed E-state index contributed by atoms with van der Waals surface area (Å²) in [6.45, 7) is 8.67. The molecule has 1 amide bonds. The summed E-state index contributed by atoms with van der Waals surface area (Å²) in [5, 5.41) is 24.8. The predicted octanol–water partition coefficient (Wildman–Crippen LogP) is 3.34. The van der Waals surface area contributed by atoms with Crippen LogP contribution >= 0.6 is 11.8 Å². The van der Waals surface area contributed by atoms with E-state index in [1.807, 2.05) is 48.7 Å². The Labute approximate surface area is 173 Å². The number of hydrogen-bond donors (Lipinski definition) is 1. The van der Waals surface area contributed by atoms with Gasteiger partial charge in [-0.2, -0.15) is 5.26 Å². The highest BCUT2D eigenvalue weighted by Crippen LogP contribution is 2.30. The number of nitriles is 1. The van der Waals surface area contributed by atoms with Gasteiger partial charge < -0.3 is 5.32 Å². The number of rotatable bonds is 7. The minimum absolute atomic E-state index is 0.140. The zero-order valence-electron chi connectivity index (χ0n) is 16.9. The second-order valence-electron chi connectivity index (χ2n) is 7.09. The van der Waals surface area contributed by atoms with Crippen LogP contribution in [0.25, 0.3) is 5.69 Å². The van der Waals surface area contributed by atoms with Gasteiger partial charge in [0.25, 0.3) is 0 Å². The number of aromatic nitrogens is 5. The molecular weight excluding hydrogens is 386 g/mol. The van der Waals surface area contributed by atoms with Gasteiger partial charge in [-0.1, -0.05) is 43.8 Å². The van der Waals surface area contributed by atoms with Gasteiger partial charge in [0.1, 0.15) is 11.9 Å². The summed E-state index contributed by atoms with van der Waals surface area (Å²) >= 11 is 1.27. The molecule has 0 saturated carbocycles. The van der Waals surface area contributed by atoms with Crippen LogP contribution in [-0.2, 0) is 11.3 Å². The van der Waals surface area contributed by atoms with Gasteiger partial charge in [-0.05, 0) is 47.9 Å². The molecule has 0 unspecified atom stereocenters. The van der Waals surface area contributed by atoms with Crippen molar-refractivity contribution in [2.45, 2.75) is 39.4 Å². The van der Waals surface area contributed by atoms with Crippen LogP contribution in [0.4, 0.5) is 5.82 Å². The first-order valence-electron chi connectivity index (χ1n) is 9.28. The van der Waals surface area contributed by atoms with Gasteiger partial charge in [-0.15, -0.1) is 5.10 Å². The number of carbonyl (C=O) groups excluding carboxylic acids is 1. The monoisotopic (exact) mass is 409 g/mol. The third kappa shape index (κ3) is 4.49. The number of carbonyl (C=O) groups is 1. The van der Waals surface area contributed by atoms with Crippen molar-refractivity contribution in [3.05, 3.63) is 47.2 Å². The maximum Gasteiger partial charge on any atom is 0.236 e. The Bertz CT molecular complexity index is 1050. The van der Waals surface area contributed by atoms with Crippen LogP contribution < -0.4 is 5.32 Å². The van der Waals surface area contributed by atoms with E-state index in [9.17, 15) is 10.1 Å². The first kappa shape index (κ1) is 20.6. The molecule has 1 aromatic carbocycles. The summed E-state index contributed by atoms with van der Waals surface area (Å²) in [5.41, 5.74) is 3.12. The highest BCUT2D eigenvalue weighted by molar-refractivity contribution is 7.99. The Morgan fingerprint density at radius 2 is 2.00 bits per heavy atom. The molecule has 3 rings (SSSR count). The molecule has 3 aromatic rings. The zero-order chi connectivity index (χ0) is 21.0. The third-order valence-corrected chi connectivity index (χ3v) is 5.42. The van der Waals surface area contributed by atoms with Crippen molar-refractivity contribution < 1.29 is 4.79 Å². The first-order chi connectivity index (χ1) is 13.9. The Morgan fingerprint density at radius 3 is 2.66 bits per heavy atom. The highest BCUT2D eigenvalue weighted by atomic mass is 32.2. The second kappa shape index (κ2) is 8.92. The van der Waals surface area contributed by atoms with Crippen LogP contribution in [0.1, 0.15) is 30.7 Å². The number of nitrogens with zero attached hydrogens (tertiary/aromatic N) is 6. The first-order valence-corrected chi connectivity index (χ1v) is 10.3. The number of thioether (sulfide) groups is 1. The maximum atomic E-state index is 12.7. The molecule has 0 aliphatic rings. The van der Waals surface area contributed by atoms with E-state index in [1.165, 1.54) is 11.8 Å². The molecule has 0 aliphatic heterocycles. The SMILES string of the molecule is Cc1c(C#N)c(NC(=O)CSc2nnnn2CC(C)C)n(-c2ccccc2)c1C. The van der Waals surface area contributed by atoms with E-state index in [0.29, 0.717) is 29.0 Å². The van der Waals surface area contributed by atoms with Gasteiger partial charge in [-0.25, -0.2) is 4.68 Å². The lowest BCUT2D eigenvalue weighted by Gasteiger charge is -2.13. The summed E-state index contributed by atoms with van der Waals surface area (Å²) in [6, 6.07) is 11.9. The third-order valence-electron chi connectivity index (χ3n) is 4.47. The minimum atomic E-state index is -0.222. The van der Waals surface area contributed by atoms with Crippen LogP contribution in [0.2, 0.25) is 0 Å². The van der Waals surface area contributed by atoms with E-state index < -0.39 is 0 Å². The molecule has 8 nitrogen and oxygen atoms in total. The van der Waals surface area contributed by atoms with Gasteiger partial charge >= 0.3 is 0 Å². The molecule has 0 spiro atoms. The molecule has 1 N–H and O–H groups in total. The van der Waals surface area contributed by atoms with Gasteiger partial charge in [0.2, 0.25) is 11.1 Å². The summed E-state index contributed by atoms with van der Waals surface area (Å²) in [7, 11) is 0. The van der Waals surface area contributed by atoms with Crippen LogP contribution in [-0.4, -0.2) is 36.4 Å². The quantitative estimate of drug-likeness (QED) is 0.601. The Morgan fingerprint density at radius 1 is 1.28 bits per heavy atom.